The van der Waals surface area contributed by atoms with E-state index in [1.165, 1.54) is 5.56 Å². The molecule has 0 saturated heterocycles. The predicted molar refractivity (Wildman–Crippen MR) is 82.4 cm³/mol. The van der Waals surface area contributed by atoms with Crippen LogP contribution in [-0.2, 0) is 11.8 Å². The van der Waals surface area contributed by atoms with Crippen LogP contribution >= 0.6 is 12.4 Å². The highest BCUT2D eigenvalue weighted by molar-refractivity contribution is 5.85. The first kappa shape index (κ1) is 15.6. The Bertz CT molecular complexity index is 489. The molecule has 0 spiro atoms. The van der Waals surface area contributed by atoms with Crippen LogP contribution in [0.3, 0.4) is 0 Å². The van der Waals surface area contributed by atoms with Crippen LogP contribution in [0.1, 0.15) is 49.7 Å². The van der Waals surface area contributed by atoms with Crippen molar-refractivity contribution in [3.8, 4) is 5.75 Å². The molecule has 1 saturated carbocycles. The van der Waals surface area contributed by atoms with Gasteiger partial charge in [0.1, 0.15) is 5.75 Å². The number of phenols is 1. The van der Waals surface area contributed by atoms with E-state index in [-0.39, 0.29) is 17.8 Å². The van der Waals surface area contributed by atoms with Crippen molar-refractivity contribution in [3.63, 3.8) is 0 Å². The van der Waals surface area contributed by atoms with Crippen molar-refractivity contribution < 1.29 is 10.2 Å². The van der Waals surface area contributed by atoms with Gasteiger partial charge in [0.2, 0.25) is 0 Å². The van der Waals surface area contributed by atoms with E-state index in [0.29, 0.717) is 12.3 Å². The molecule has 112 valence electrons. The van der Waals surface area contributed by atoms with E-state index in [2.05, 4.69) is 6.07 Å². The molecule has 0 heterocycles. The van der Waals surface area contributed by atoms with Crippen LogP contribution in [0.2, 0.25) is 0 Å². The molecule has 1 aromatic carbocycles. The number of hydrogen-bond donors (Lipinski definition) is 3. The first-order chi connectivity index (χ1) is 9.13. The molecule has 4 N–H and O–H groups in total. The van der Waals surface area contributed by atoms with Crippen molar-refractivity contribution in [2.24, 2.45) is 5.73 Å². The van der Waals surface area contributed by atoms with Crippen molar-refractivity contribution in [1.82, 2.24) is 0 Å². The fourth-order valence-electron chi connectivity index (χ4n) is 4.46. The fourth-order valence-corrected chi connectivity index (χ4v) is 4.46. The lowest BCUT2D eigenvalue weighted by molar-refractivity contribution is -0.0870. The average Bonchev–Trinajstić information content (AvgIpc) is 2.40. The van der Waals surface area contributed by atoms with Gasteiger partial charge >= 0.3 is 0 Å². The van der Waals surface area contributed by atoms with Gasteiger partial charge in [-0.05, 0) is 50.3 Å². The van der Waals surface area contributed by atoms with Crippen LogP contribution < -0.4 is 5.73 Å². The topological polar surface area (TPSA) is 66.5 Å². The number of nitrogens with two attached hydrogens (primary N) is 1. The molecule has 4 heteroatoms. The normalized spacial score (nSPS) is 31.9. The second-order valence-corrected chi connectivity index (χ2v) is 6.17. The molecule has 0 aromatic heterocycles. The summed E-state index contributed by atoms with van der Waals surface area (Å²) in [7, 11) is 0. The molecule has 0 radical (unpaired) electrons. The number of hydrogen-bond acceptors (Lipinski definition) is 3. The Kier molecular flexibility index (Phi) is 4.33. The minimum absolute atomic E-state index is 0. The molecule has 20 heavy (non-hydrogen) atoms. The summed E-state index contributed by atoms with van der Waals surface area (Å²) < 4.78 is 0. The highest BCUT2D eigenvalue weighted by Gasteiger charge is 2.55. The van der Waals surface area contributed by atoms with Gasteiger partial charge in [-0.1, -0.05) is 25.0 Å². The van der Waals surface area contributed by atoms with Crippen LogP contribution in [-0.4, -0.2) is 22.4 Å². The largest absolute Gasteiger partial charge is 0.508 e. The van der Waals surface area contributed by atoms with Gasteiger partial charge in [0.05, 0.1) is 5.60 Å². The third kappa shape index (κ3) is 2.03. The summed E-state index contributed by atoms with van der Waals surface area (Å²) in [5.41, 5.74) is 6.99. The third-order valence-corrected chi connectivity index (χ3v) is 5.32. The Hall–Kier alpha value is -0.770. The first-order valence-corrected chi connectivity index (χ1v) is 7.37. The molecule has 1 fully saturated rings. The highest BCUT2D eigenvalue weighted by atomic mass is 35.5. The van der Waals surface area contributed by atoms with E-state index < -0.39 is 5.60 Å². The molecule has 0 bridgehead atoms. The number of rotatable bonds is 2. The van der Waals surface area contributed by atoms with E-state index in [1.807, 2.05) is 6.07 Å². The lowest BCUT2D eigenvalue weighted by Crippen LogP contribution is -2.57. The molecule has 1 aromatic rings. The second-order valence-electron chi connectivity index (χ2n) is 6.17. The summed E-state index contributed by atoms with van der Waals surface area (Å²) in [6.45, 7) is 0.552. The van der Waals surface area contributed by atoms with Gasteiger partial charge in [-0.3, -0.25) is 0 Å². The van der Waals surface area contributed by atoms with E-state index >= 15 is 0 Å². The molecule has 2 unspecified atom stereocenters. The van der Waals surface area contributed by atoms with E-state index in [9.17, 15) is 10.2 Å². The van der Waals surface area contributed by atoms with Gasteiger partial charge in [-0.2, -0.15) is 0 Å². The zero-order valence-corrected chi connectivity index (χ0v) is 12.6. The highest BCUT2D eigenvalue weighted by Crippen LogP contribution is 2.56. The van der Waals surface area contributed by atoms with Crippen LogP contribution in [0.5, 0.6) is 5.75 Å². The van der Waals surface area contributed by atoms with Gasteiger partial charge in [0.25, 0.3) is 0 Å². The third-order valence-electron chi connectivity index (χ3n) is 5.32. The quantitative estimate of drug-likeness (QED) is 0.786. The number of halogens is 1. The standard InChI is InChI=1S/C16H23NO2.ClH/c17-11-10-15-7-1-2-8-16(15,19)9-6-12-4-3-5-13(18)14(12)15;/h3-5,18-19H,1-2,6-11,17H2;1H. The molecule has 2 aliphatic rings. The molecule has 2 aliphatic carbocycles. The number of phenolic OH excluding ortho intramolecular Hbond substituents is 1. The fraction of sp³-hybridized carbons (Fsp3) is 0.625. The Morgan fingerprint density at radius 1 is 1.15 bits per heavy atom. The zero-order valence-electron chi connectivity index (χ0n) is 11.8. The van der Waals surface area contributed by atoms with Crippen molar-refractivity contribution in [2.75, 3.05) is 6.54 Å². The Morgan fingerprint density at radius 2 is 1.90 bits per heavy atom. The van der Waals surface area contributed by atoms with Gasteiger partial charge in [-0.15, -0.1) is 12.4 Å². The summed E-state index contributed by atoms with van der Waals surface area (Å²) in [4.78, 5) is 0. The van der Waals surface area contributed by atoms with Crippen LogP contribution in [0.4, 0.5) is 0 Å². The minimum Gasteiger partial charge on any atom is -0.508 e. The minimum atomic E-state index is -0.684. The predicted octanol–water partition coefficient (Wildman–Crippen LogP) is 2.65. The molecule has 0 aliphatic heterocycles. The number of aliphatic hydroxyl groups is 1. The molecule has 0 amide bonds. The van der Waals surface area contributed by atoms with Crippen molar-refractivity contribution in [1.29, 1.82) is 0 Å². The lowest BCUT2D eigenvalue weighted by Gasteiger charge is -2.54. The molecular weight excluding hydrogens is 274 g/mol. The maximum absolute atomic E-state index is 11.2. The summed E-state index contributed by atoms with van der Waals surface area (Å²) in [6, 6.07) is 5.73. The van der Waals surface area contributed by atoms with Crippen LogP contribution in [0, 0.1) is 0 Å². The smallest absolute Gasteiger partial charge is 0.119 e. The van der Waals surface area contributed by atoms with Gasteiger partial charge in [0, 0.05) is 11.0 Å². The number of fused-ring (bicyclic) bond motifs is 3. The maximum atomic E-state index is 11.2. The first-order valence-electron chi connectivity index (χ1n) is 7.37. The lowest BCUT2D eigenvalue weighted by atomic mass is 9.53. The summed E-state index contributed by atoms with van der Waals surface area (Å²) in [5.74, 6) is 0.339. The second kappa shape index (κ2) is 5.55. The van der Waals surface area contributed by atoms with Crippen LogP contribution in [0.25, 0.3) is 0 Å². The summed E-state index contributed by atoms with van der Waals surface area (Å²) in [6.07, 6.45) is 6.36. The van der Waals surface area contributed by atoms with Gasteiger partial charge < -0.3 is 15.9 Å². The maximum Gasteiger partial charge on any atom is 0.119 e. The van der Waals surface area contributed by atoms with Crippen LogP contribution in [0.15, 0.2) is 18.2 Å². The SMILES string of the molecule is Cl.NCCC12CCCCC1(O)CCc1cccc(O)c12. The summed E-state index contributed by atoms with van der Waals surface area (Å²) in [5, 5.41) is 21.5. The van der Waals surface area contributed by atoms with Crippen molar-refractivity contribution >= 4 is 12.4 Å². The zero-order chi connectivity index (χ0) is 13.5. The number of aryl methyl sites for hydroxylation is 1. The van der Waals surface area contributed by atoms with Gasteiger partial charge in [-0.25, -0.2) is 0 Å². The Morgan fingerprint density at radius 3 is 2.65 bits per heavy atom. The van der Waals surface area contributed by atoms with E-state index in [0.717, 1.165) is 50.5 Å². The Labute approximate surface area is 126 Å². The van der Waals surface area contributed by atoms with Crippen molar-refractivity contribution in [3.05, 3.63) is 29.3 Å². The molecule has 2 atom stereocenters. The average molecular weight is 298 g/mol. The molecule has 3 rings (SSSR count). The van der Waals surface area contributed by atoms with E-state index in [1.54, 1.807) is 6.07 Å². The Balaban J connectivity index is 0.00000147. The van der Waals surface area contributed by atoms with Crippen molar-refractivity contribution in [2.45, 2.75) is 56.0 Å². The molecule has 3 nitrogen and oxygen atoms in total. The van der Waals surface area contributed by atoms with Gasteiger partial charge in [0.15, 0.2) is 0 Å². The van der Waals surface area contributed by atoms with E-state index in [4.69, 9.17) is 5.73 Å². The molecular formula is C16H24ClNO2. The number of aromatic hydroxyl groups is 1. The summed E-state index contributed by atoms with van der Waals surface area (Å²) >= 11 is 0. The monoisotopic (exact) mass is 297 g/mol. The number of benzene rings is 1.